The highest BCUT2D eigenvalue weighted by atomic mass is 32.1. The fraction of sp³-hybridized carbons (Fsp3) is 0.321. The maximum atomic E-state index is 13.4. The van der Waals surface area contributed by atoms with Gasteiger partial charge in [-0.15, -0.1) is 11.3 Å². The zero-order valence-electron chi connectivity index (χ0n) is 23.7. The van der Waals surface area contributed by atoms with Crippen molar-refractivity contribution in [1.82, 2.24) is 25.2 Å². The molecular weight excluding hydrogens is 620 g/mol. The molecule has 4 N–H and O–H groups in total. The van der Waals surface area contributed by atoms with Crippen LogP contribution in [0.15, 0.2) is 46.8 Å². The molecule has 0 saturated heterocycles. The Bertz CT molecular complexity index is 1710. The fourth-order valence-corrected chi connectivity index (χ4v) is 5.50. The van der Waals surface area contributed by atoms with Gasteiger partial charge in [-0.25, -0.2) is 14.8 Å². The first-order chi connectivity index (χ1) is 21.1. The summed E-state index contributed by atoms with van der Waals surface area (Å²) in [5.74, 6) is -0.427. The van der Waals surface area contributed by atoms with Crippen molar-refractivity contribution in [3.63, 3.8) is 0 Å². The van der Waals surface area contributed by atoms with Gasteiger partial charge < -0.3 is 24.6 Å². The van der Waals surface area contributed by atoms with Crippen molar-refractivity contribution in [2.75, 3.05) is 25.0 Å². The first kappa shape index (κ1) is 33.0. The molecule has 0 fully saturated rings. The van der Waals surface area contributed by atoms with Crippen LogP contribution in [0.2, 0.25) is 0 Å². The van der Waals surface area contributed by atoms with Crippen LogP contribution in [0.3, 0.4) is 0 Å². The summed E-state index contributed by atoms with van der Waals surface area (Å²) in [5, 5.41) is 9.11. The highest BCUT2D eigenvalue weighted by Crippen LogP contribution is 2.39. The Morgan fingerprint density at radius 2 is 1.95 bits per heavy atom. The number of aryl methyl sites for hydroxylation is 1. The van der Waals surface area contributed by atoms with Crippen molar-refractivity contribution in [1.29, 1.82) is 0 Å². The molecule has 4 rings (SSSR count). The molecule has 0 radical (unpaired) electrons. The molecule has 0 spiro atoms. The summed E-state index contributed by atoms with van der Waals surface area (Å²) in [5.41, 5.74) is 0.250. The van der Waals surface area contributed by atoms with E-state index in [9.17, 15) is 27.6 Å². The monoisotopic (exact) mass is 650 g/mol. The van der Waals surface area contributed by atoms with Gasteiger partial charge >= 0.3 is 12.2 Å². The van der Waals surface area contributed by atoms with Crippen molar-refractivity contribution in [2.45, 2.75) is 39.4 Å². The zero-order valence-corrected chi connectivity index (χ0v) is 25.6. The zero-order chi connectivity index (χ0) is 31.9. The number of aromatic nitrogens is 3. The Kier molecular flexibility index (Phi) is 11.0. The van der Waals surface area contributed by atoms with Crippen molar-refractivity contribution >= 4 is 49.0 Å². The number of hydrogen-bond donors (Lipinski definition) is 4. The van der Waals surface area contributed by atoms with Crippen molar-refractivity contribution in [3.8, 4) is 21.7 Å². The molecular formula is C28H30F3N6O5PS. The van der Waals surface area contributed by atoms with E-state index in [0.717, 1.165) is 16.7 Å². The third-order valence-corrected chi connectivity index (χ3v) is 7.59. The molecule has 3 amide bonds. The number of nitrogens with one attached hydrogen (secondary N) is 3. The highest BCUT2D eigenvalue weighted by Gasteiger charge is 2.34. The lowest BCUT2D eigenvalue weighted by atomic mass is 9.99. The van der Waals surface area contributed by atoms with Gasteiger partial charge in [-0.05, 0) is 43.5 Å². The molecule has 44 heavy (non-hydrogen) atoms. The van der Waals surface area contributed by atoms with E-state index in [2.05, 4.69) is 25.9 Å². The molecule has 11 nitrogen and oxygen atoms in total. The number of thiazole rings is 1. The van der Waals surface area contributed by atoms with E-state index < -0.39 is 38.3 Å². The average molecular weight is 651 g/mol. The van der Waals surface area contributed by atoms with Gasteiger partial charge in [0.2, 0.25) is 5.43 Å². The number of carbonyl (C=O) groups excluding carboxylic acids is 2. The van der Waals surface area contributed by atoms with E-state index in [1.165, 1.54) is 18.5 Å². The Labute approximate surface area is 255 Å². The number of fused-ring (bicyclic) bond motifs is 1. The lowest BCUT2D eigenvalue weighted by Gasteiger charge is -2.15. The van der Waals surface area contributed by atoms with Gasteiger partial charge in [-0.3, -0.25) is 14.9 Å². The van der Waals surface area contributed by atoms with Crippen molar-refractivity contribution < 1.29 is 32.2 Å². The summed E-state index contributed by atoms with van der Waals surface area (Å²) in [7, 11) is -0.640. The van der Waals surface area contributed by atoms with E-state index in [4.69, 9.17) is 9.42 Å². The molecule has 1 atom stereocenters. The Balaban J connectivity index is 1.79. The Morgan fingerprint density at radius 3 is 2.64 bits per heavy atom. The summed E-state index contributed by atoms with van der Waals surface area (Å²) < 4.78 is 46.9. The minimum absolute atomic E-state index is 0.0331. The van der Waals surface area contributed by atoms with E-state index >= 15 is 0 Å². The van der Waals surface area contributed by atoms with E-state index in [-0.39, 0.29) is 34.9 Å². The quantitative estimate of drug-likeness (QED) is 0.119. The Morgan fingerprint density at radius 1 is 1.16 bits per heavy atom. The molecule has 234 valence electrons. The third kappa shape index (κ3) is 7.78. The van der Waals surface area contributed by atoms with Gasteiger partial charge in [0.15, 0.2) is 14.7 Å². The van der Waals surface area contributed by atoms with Crippen molar-refractivity contribution in [3.05, 3.63) is 63.5 Å². The van der Waals surface area contributed by atoms with Gasteiger partial charge in [-0.1, -0.05) is 13.0 Å². The maximum absolute atomic E-state index is 13.4. The van der Waals surface area contributed by atoms with Crippen LogP contribution in [-0.2, 0) is 17.2 Å². The predicted molar refractivity (Wildman–Crippen MR) is 164 cm³/mol. The second-order valence-electron chi connectivity index (χ2n) is 9.48. The second-order valence-corrected chi connectivity index (χ2v) is 10.8. The minimum atomic E-state index is -4.64. The van der Waals surface area contributed by atoms with Crippen LogP contribution in [0, 0.1) is 0 Å². The third-order valence-electron chi connectivity index (χ3n) is 6.38. The number of nitrogens with zero attached hydrogens (tertiary/aromatic N) is 3. The average Bonchev–Trinajstić information content (AvgIpc) is 3.50. The molecule has 16 heteroatoms. The smallest absolute Gasteiger partial charge is 0.352 e. The normalized spacial score (nSPS) is 11.8. The summed E-state index contributed by atoms with van der Waals surface area (Å²) in [6, 6.07) is 5.84. The topological polar surface area (TPSA) is 147 Å². The molecule has 0 saturated carbocycles. The van der Waals surface area contributed by atoms with Crippen LogP contribution in [0.25, 0.3) is 32.6 Å². The van der Waals surface area contributed by atoms with Crippen LogP contribution in [-0.4, -0.2) is 51.1 Å². The number of rotatable bonds is 12. The predicted octanol–water partition coefficient (Wildman–Crippen LogP) is 5.39. The van der Waals surface area contributed by atoms with Crippen LogP contribution >= 0.6 is 20.4 Å². The molecule has 0 bridgehead atoms. The summed E-state index contributed by atoms with van der Waals surface area (Å²) in [6.07, 6.45) is -0.571. The SMILES string of the molecule is CCCn1cc(C(=O)NCCCOPO)c(=O)c2ccc(-c3cnc(NC(=O)NCC)cc3-c3nc(C(F)(F)F)cs3)cc21. The number of halogens is 3. The minimum Gasteiger partial charge on any atom is -0.352 e. The number of anilines is 1. The summed E-state index contributed by atoms with van der Waals surface area (Å²) >= 11 is 0.803. The lowest BCUT2D eigenvalue weighted by molar-refractivity contribution is -0.140. The molecule has 4 aromatic rings. The van der Waals surface area contributed by atoms with Gasteiger partial charge in [-0.2, -0.15) is 13.2 Å². The van der Waals surface area contributed by atoms with Gasteiger partial charge in [0, 0.05) is 53.9 Å². The number of pyridine rings is 2. The second kappa shape index (κ2) is 14.7. The fourth-order valence-electron chi connectivity index (χ4n) is 4.41. The van der Waals surface area contributed by atoms with Crippen LogP contribution in [0.5, 0.6) is 0 Å². The highest BCUT2D eigenvalue weighted by molar-refractivity contribution is 7.24. The van der Waals surface area contributed by atoms with E-state index in [1.54, 1.807) is 29.7 Å². The first-order valence-corrected chi connectivity index (χ1v) is 15.4. The number of carbonyl (C=O) groups is 2. The number of amides is 3. The summed E-state index contributed by atoms with van der Waals surface area (Å²) in [4.78, 5) is 55.2. The largest absolute Gasteiger partial charge is 0.434 e. The molecule has 3 heterocycles. The van der Waals surface area contributed by atoms with Crippen molar-refractivity contribution in [2.24, 2.45) is 0 Å². The van der Waals surface area contributed by atoms with E-state index in [0.29, 0.717) is 48.1 Å². The first-order valence-electron chi connectivity index (χ1n) is 13.6. The maximum Gasteiger partial charge on any atom is 0.434 e. The lowest BCUT2D eigenvalue weighted by Crippen LogP contribution is -2.31. The molecule has 3 aromatic heterocycles. The molecule has 0 aliphatic carbocycles. The number of benzene rings is 1. The standard InChI is InChI=1S/C28H30F3N6O5PS/c1-3-9-37-14-20(25(39)33-8-5-10-42-43-41)24(38)17-7-6-16(11-21(17)37)19-13-34-23(36-27(40)32-4-2)12-18(19)26-35-22(15-44-26)28(29,30)31/h6-7,11-15,41,43H,3-5,8-10H2,1-2H3,(H,33,39)(H2,32,34,36,40). The number of hydrogen-bond acceptors (Lipinski definition) is 8. The molecule has 1 aromatic carbocycles. The molecule has 0 aliphatic rings. The molecule has 0 aliphatic heterocycles. The van der Waals surface area contributed by atoms with Crippen LogP contribution < -0.4 is 21.4 Å². The van der Waals surface area contributed by atoms with Gasteiger partial charge in [0.1, 0.15) is 16.4 Å². The van der Waals surface area contributed by atoms with Gasteiger partial charge in [0.05, 0.1) is 12.1 Å². The molecule has 1 unspecified atom stereocenters. The van der Waals surface area contributed by atoms with Crippen LogP contribution in [0.4, 0.5) is 23.8 Å². The van der Waals surface area contributed by atoms with Crippen LogP contribution in [0.1, 0.15) is 42.7 Å². The number of alkyl halides is 3. The Hall–Kier alpha value is -3.91. The summed E-state index contributed by atoms with van der Waals surface area (Å²) in [6.45, 7) is 5.03. The number of urea groups is 1. The van der Waals surface area contributed by atoms with Gasteiger partial charge in [0.25, 0.3) is 5.91 Å². The van der Waals surface area contributed by atoms with E-state index in [1.807, 2.05) is 6.92 Å².